The van der Waals surface area contributed by atoms with Crippen molar-refractivity contribution in [2.24, 2.45) is 5.92 Å². The predicted octanol–water partition coefficient (Wildman–Crippen LogP) is 9.35. The fraction of sp³-hybridized carbons (Fsp3) is 0.784. The average Bonchev–Trinajstić information content (AvgIpc) is 3.74. The summed E-state index contributed by atoms with van der Waals surface area (Å²) in [7, 11) is 0. The summed E-state index contributed by atoms with van der Waals surface area (Å²) in [6.07, 6.45) is 33.8. The number of aliphatic hydroxyl groups excluding tert-OH is 1. The number of hydrogen-bond acceptors (Lipinski definition) is 6. The third-order valence-corrected chi connectivity index (χ3v) is 7.71. The normalized spacial score (nSPS) is 17.4. The Morgan fingerprint density at radius 1 is 0.674 bits per heavy atom. The SMILES string of the molecule is CCCCC/C=C\CC1OC1C/C=C\C/C=C\CCCC(=O)OC[C@@H](O)COC(=O)CCCCCCCCCCC(C)C. The fourth-order valence-electron chi connectivity index (χ4n) is 4.89. The molecular weight excluding hydrogens is 540 g/mol. The molecule has 1 aliphatic heterocycles. The van der Waals surface area contributed by atoms with Crippen LogP contribution in [0.15, 0.2) is 36.5 Å². The zero-order valence-electron chi connectivity index (χ0n) is 27.8. The van der Waals surface area contributed by atoms with E-state index in [-0.39, 0.29) is 25.2 Å². The van der Waals surface area contributed by atoms with Gasteiger partial charge in [-0.05, 0) is 57.3 Å². The first-order valence-electron chi connectivity index (χ1n) is 17.5. The second-order valence-electron chi connectivity index (χ2n) is 12.5. The molecule has 248 valence electrons. The van der Waals surface area contributed by atoms with Crippen LogP contribution in [0.5, 0.6) is 0 Å². The number of hydrogen-bond donors (Lipinski definition) is 1. The van der Waals surface area contributed by atoms with Gasteiger partial charge in [-0.1, -0.05) is 121 Å². The molecule has 1 aliphatic rings. The minimum Gasteiger partial charge on any atom is -0.463 e. The highest BCUT2D eigenvalue weighted by Crippen LogP contribution is 2.29. The molecule has 1 saturated heterocycles. The Morgan fingerprint density at radius 3 is 1.81 bits per heavy atom. The van der Waals surface area contributed by atoms with E-state index in [2.05, 4.69) is 57.2 Å². The molecule has 0 aromatic carbocycles. The molecule has 1 rings (SSSR count). The number of ether oxygens (including phenoxy) is 3. The van der Waals surface area contributed by atoms with Crippen molar-refractivity contribution >= 4 is 11.9 Å². The van der Waals surface area contributed by atoms with Crippen LogP contribution in [0.25, 0.3) is 0 Å². The maximum atomic E-state index is 11.9. The van der Waals surface area contributed by atoms with Gasteiger partial charge in [-0.2, -0.15) is 0 Å². The predicted molar refractivity (Wildman–Crippen MR) is 177 cm³/mol. The minimum absolute atomic E-state index is 0.136. The molecule has 43 heavy (non-hydrogen) atoms. The summed E-state index contributed by atoms with van der Waals surface area (Å²) in [5, 5.41) is 9.96. The van der Waals surface area contributed by atoms with Crippen molar-refractivity contribution in [2.75, 3.05) is 13.2 Å². The topological polar surface area (TPSA) is 85.4 Å². The van der Waals surface area contributed by atoms with E-state index in [1.54, 1.807) is 0 Å². The molecule has 1 fully saturated rings. The minimum atomic E-state index is -0.987. The molecule has 1 heterocycles. The quantitative estimate of drug-likeness (QED) is 0.0396. The van der Waals surface area contributed by atoms with Gasteiger partial charge in [-0.25, -0.2) is 0 Å². The first kappa shape index (κ1) is 39.1. The number of rotatable bonds is 29. The Labute approximate surface area is 263 Å². The number of carbonyl (C=O) groups is 2. The summed E-state index contributed by atoms with van der Waals surface area (Å²) < 4.78 is 16.0. The van der Waals surface area contributed by atoms with Crippen LogP contribution in [0.2, 0.25) is 0 Å². The Morgan fingerprint density at radius 2 is 1.19 bits per heavy atom. The zero-order valence-corrected chi connectivity index (χ0v) is 27.8. The van der Waals surface area contributed by atoms with Crippen molar-refractivity contribution in [2.45, 2.75) is 167 Å². The molecule has 0 saturated carbocycles. The molecule has 0 amide bonds. The third kappa shape index (κ3) is 26.2. The van der Waals surface area contributed by atoms with Gasteiger partial charge in [0.2, 0.25) is 0 Å². The Bertz CT molecular complexity index is 771. The fourth-order valence-corrected chi connectivity index (χ4v) is 4.89. The van der Waals surface area contributed by atoms with E-state index in [0.717, 1.165) is 50.9 Å². The molecule has 0 radical (unpaired) electrons. The van der Waals surface area contributed by atoms with Crippen LogP contribution in [0.4, 0.5) is 0 Å². The molecule has 6 nitrogen and oxygen atoms in total. The third-order valence-electron chi connectivity index (χ3n) is 7.71. The molecule has 0 aromatic rings. The van der Waals surface area contributed by atoms with Crippen molar-refractivity contribution in [1.82, 2.24) is 0 Å². The lowest BCUT2D eigenvalue weighted by molar-refractivity contribution is -0.152. The lowest BCUT2D eigenvalue weighted by Gasteiger charge is -2.12. The summed E-state index contributed by atoms with van der Waals surface area (Å²) in [5.41, 5.74) is 0. The monoisotopic (exact) mass is 604 g/mol. The molecular formula is C37H64O6. The molecule has 0 aliphatic carbocycles. The smallest absolute Gasteiger partial charge is 0.305 e. The van der Waals surface area contributed by atoms with E-state index in [1.807, 2.05) is 0 Å². The van der Waals surface area contributed by atoms with Gasteiger partial charge in [-0.15, -0.1) is 0 Å². The zero-order chi connectivity index (χ0) is 31.4. The van der Waals surface area contributed by atoms with Gasteiger partial charge in [0.25, 0.3) is 0 Å². The van der Waals surface area contributed by atoms with Crippen LogP contribution >= 0.6 is 0 Å². The highest BCUT2D eigenvalue weighted by molar-refractivity contribution is 5.69. The Balaban J connectivity index is 1.89. The number of epoxide rings is 1. The van der Waals surface area contributed by atoms with Crippen molar-refractivity contribution < 1.29 is 28.9 Å². The van der Waals surface area contributed by atoms with Gasteiger partial charge >= 0.3 is 11.9 Å². The van der Waals surface area contributed by atoms with Crippen LogP contribution in [0.3, 0.4) is 0 Å². The Hall–Kier alpha value is -1.92. The number of unbranched alkanes of at least 4 members (excludes halogenated alkanes) is 11. The van der Waals surface area contributed by atoms with Crippen LogP contribution in [-0.4, -0.2) is 48.6 Å². The molecule has 0 bridgehead atoms. The maximum Gasteiger partial charge on any atom is 0.305 e. The molecule has 0 aromatic heterocycles. The standard InChI is InChI=1S/C37H64O6/c1-4-5-6-7-16-21-26-34-35(43-34)27-22-17-12-10-14-19-24-29-37(40)42-31-33(38)30-41-36(39)28-23-18-13-9-8-11-15-20-25-32(2)3/h10,14,16-17,21-22,32-35,38H,4-9,11-13,15,18-20,23-31H2,1-3H3/b14-10-,21-16-,22-17-/t33-,34?,35?/m0/s1. The second-order valence-corrected chi connectivity index (χ2v) is 12.5. The van der Waals surface area contributed by atoms with Crippen molar-refractivity contribution in [3.05, 3.63) is 36.5 Å². The van der Waals surface area contributed by atoms with E-state index < -0.39 is 6.10 Å². The van der Waals surface area contributed by atoms with Gasteiger partial charge in [0.05, 0.1) is 12.2 Å². The summed E-state index contributed by atoms with van der Waals surface area (Å²) in [6, 6.07) is 0. The van der Waals surface area contributed by atoms with E-state index >= 15 is 0 Å². The number of carbonyl (C=O) groups excluding carboxylic acids is 2. The van der Waals surface area contributed by atoms with Gasteiger partial charge in [-0.3, -0.25) is 9.59 Å². The largest absolute Gasteiger partial charge is 0.463 e. The van der Waals surface area contributed by atoms with Gasteiger partial charge in [0.1, 0.15) is 19.3 Å². The second kappa shape index (κ2) is 27.6. The summed E-state index contributed by atoms with van der Waals surface area (Å²) >= 11 is 0. The highest BCUT2D eigenvalue weighted by Gasteiger charge is 2.35. The summed E-state index contributed by atoms with van der Waals surface area (Å²) in [6.45, 7) is 6.50. The molecule has 2 unspecified atom stereocenters. The number of allylic oxidation sites excluding steroid dienone is 4. The van der Waals surface area contributed by atoms with Crippen molar-refractivity contribution in [1.29, 1.82) is 0 Å². The molecule has 0 spiro atoms. The molecule has 6 heteroatoms. The maximum absolute atomic E-state index is 11.9. The van der Waals surface area contributed by atoms with Crippen LogP contribution in [-0.2, 0) is 23.8 Å². The van der Waals surface area contributed by atoms with E-state index in [0.29, 0.717) is 31.5 Å². The van der Waals surface area contributed by atoms with Crippen LogP contribution < -0.4 is 0 Å². The highest BCUT2D eigenvalue weighted by atomic mass is 16.6. The first-order valence-corrected chi connectivity index (χ1v) is 17.5. The number of esters is 2. The molecule has 1 N–H and O–H groups in total. The summed E-state index contributed by atoms with van der Waals surface area (Å²) in [4.78, 5) is 23.8. The van der Waals surface area contributed by atoms with Gasteiger partial charge in [0, 0.05) is 12.8 Å². The van der Waals surface area contributed by atoms with E-state index in [9.17, 15) is 14.7 Å². The van der Waals surface area contributed by atoms with E-state index in [1.165, 1.54) is 64.2 Å². The first-order chi connectivity index (χ1) is 20.9. The lowest BCUT2D eigenvalue weighted by atomic mass is 10.0. The lowest BCUT2D eigenvalue weighted by Crippen LogP contribution is -2.25. The van der Waals surface area contributed by atoms with Gasteiger partial charge < -0.3 is 19.3 Å². The van der Waals surface area contributed by atoms with Gasteiger partial charge in [0.15, 0.2) is 0 Å². The molecule has 3 atom stereocenters. The van der Waals surface area contributed by atoms with Crippen molar-refractivity contribution in [3.63, 3.8) is 0 Å². The van der Waals surface area contributed by atoms with Crippen LogP contribution in [0.1, 0.15) is 149 Å². The van der Waals surface area contributed by atoms with Crippen LogP contribution in [0, 0.1) is 5.92 Å². The number of aliphatic hydroxyl groups is 1. The van der Waals surface area contributed by atoms with Crippen molar-refractivity contribution in [3.8, 4) is 0 Å². The average molecular weight is 605 g/mol. The van der Waals surface area contributed by atoms with E-state index in [4.69, 9.17) is 14.2 Å². The summed E-state index contributed by atoms with van der Waals surface area (Å²) in [5.74, 6) is 0.164. The Kier molecular flexibility index (Phi) is 25.1.